The summed E-state index contributed by atoms with van der Waals surface area (Å²) in [6, 6.07) is 12.1. The van der Waals surface area contributed by atoms with Crippen LogP contribution in [0.25, 0.3) is 0 Å². The van der Waals surface area contributed by atoms with Crippen molar-refractivity contribution in [3.8, 4) is 0 Å². The van der Waals surface area contributed by atoms with E-state index in [-0.39, 0.29) is 6.61 Å². The van der Waals surface area contributed by atoms with Gasteiger partial charge in [0.2, 0.25) is 0 Å². The van der Waals surface area contributed by atoms with Crippen LogP contribution in [0, 0.1) is 0 Å². The molecule has 21 heavy (non-hydrogen) atoms. The minimum absolute atomic E-state index is 0.0248. The number of halogens is 1. The average molecular weight is 303 g/mol. The standard InChI is InChI=1S/C17H19ClN2O/c1-20-7-6-14-8-12(3-5-17(14)20)10-19-16-9-13(11-21)2-4-15(16)18/h2-5,8-9,19,21H,6-7,10-11H2,1H3. The van der Waals surface area contributed by atoms with E-state index >= 15 is 0 Å². The molecule has 1 heterocycles. The lowest BCUT2D eigenvalue weighted by Crippen LogP contribution is -2.12. The molecule has 110 valence electrons. The number of hydrogen-bond acceptors (Lipinski definition) is 3. The third-order valence-corrected chi connectivity index (χ3v) is 4.30. The van der Waals surface area contributed by atoms with Crippen LogP contribution < -0.4 is 10.2 Å². The SMILES string of the molecule is CN1CCc2cc(CNc3cc(CO)ccc3Cl)ccc21. The Kier molecular flexibility index (Phi) is 4.04. The zero-order chi connectivity index (χ0) is 14.8. The van der Waals surface area contributed by atoms with E-state index in [0.29, 0.717) is 5.02 Å². The molecule has 0 saturated carbocycles. The van der Waals surface area contributed by atoms with Gasteiger partial charge >= 0.3 is 0 Å². The topological polar surface area (TPSA) is 35.5 Å². The fraction of sp³-hybridized carbons (Fsp3) is 0.294. The number of nitrogens with zero attached hydrogens (tertiary/aromatic N) is 1. The molecule has 0 fully saturated rings. The van der Waals surface area contributed by atoms with Crippen molar-refractivity contribution in [1.29, 1.82) is 0 Å². The lowest BCUT2D eigenvalue weighted by atomic mass is 10.1. The summed E-state index contributed by atoms with van der Waals surface area (Å²) in [5.41, 5.74) is 5.71. The van der Waals surface area contributed by atoms with Gasteiger partial charge in [-0.25, -0.2) is 0 Å². The number of fused-ring (bicyclic) bond motifs is 1. The fourth-order valence-electron chi connectivity index (χ4n) is 2.73. The molecule has 0 amide bonds. The maximum Gasteiger partial charge on any atom is 0.0682 e. The number of aliphatic hydroxyl groups is 1. The molecule has 0 aromatic heterocycles. The Hall–Kier alpha value is -1.71. The van der Waals surface area contributed by atoms with Gasteiger partial charge in [0.1, 0.15) is 0 Å². The highest BCUT2D eigenvalue weighted by Gasteiger charge is 2.15. The summed E-state index contributed by atoms with van der Waals surface area (Å²) in [7, 11) is 2.13. The normalized spacial score (nSPS) is 13.4. The van der Waals surface area contributed by atoms with Crippen LogP contribution in [0.1, 0.15) is 16.7 Å². The van der Waals surface area contributed by atoms with Gasteiger partial charge in [-0.05, 0) is 41.3 Å². The quantitative estimate of drug-likeness (QED) is 0.908. The number of benzene rings is 2. The third kappa shape index (κ3) is 2.99. The molecule has 0 spiro atoms. The van der Waals surface area contributed by atoms with Gasteiger partial charge in [-0.3, -0.25) is 0 Å². The molecular formula is C17H19ClN2O. The number of hydrogen-bond donors (Lipinski definition) is 2. The Morgan fingerprint density at radius 3 is 2.81 bits per heavy atom. The van der Waals surface area contributed by atoms with Crippen molar-refractivity contribution < 1.29 is 5.11 Å². The molecule has 0 saturated heterocycles. The molecule has 3 rings (SSSR count). The van der Waals surface area contributed by atoms with E-state index in [1.807, 2.05) is 18.2 Å². The van der Waals surface area contributed by atoms with Crippen LogP contribution in [0.3, 0.4) is 0 Å². The second-order valence-electron chi connectivity index (χ2n) is 5.46. The Morgan fingerprint density at radius 1 is 1.19 bits per heavy atom. The van der Waals surface area contributed by atoms with Crippen LogP contribution in [-0.4, -0.2) is 18.7 Å². The molecule has 1 aliphatic rings. The minimum atomic E-state index is 0.0248. The van der Waals surface area contributed by atoms with Crippen LogP contribution in [-0.2, 0) is 19.6 Å². The first-order valence-electron chi connectivity index (χ1n) is 7.13. The van der Waals surface area contributed by atoms with Crippen LogP contribution in [0.5, 0.6) is 0 Å². The van der Waals surface area contributed by atoms with Crippen molar-refractivity contribution in [3.05, 3.63) is 58.1 Å². The van der Waals surface area contributed by atoms with Crippen molar-refractivity contribution >= 4 is 23.0 Å². The predicted octanol–water partition coefficient (Wildman–Crippen LogP) is 3.44. The Morgan fingerprint density at radius 2 is 2.00 bits per heavy atom. The van der Waals surface area contributed by atoms with Crippen LogP contribution in [0.2, 0.25) is 5.02 Å². The largest absolute Gasteiger partial charge is 0.392 e. The molecule has 3 nitrogen and oxygen atoms in total. The first-order valence-corrected chi connectivity index (χ1v) is 7.51. The molecule has 2 aromatic carbocycles. The molecule has 4 heteroatoms. The molecule has 2 aromatic rings. The lowest BCUT2D eigenvalue weighted by Gasteiger charge is -2.13. The number of aliphatic hydroxyl groups excluding tert-OH is 1. The van der Waals surface area contributed by atoms with E-state index in [2.05, 4.69) is 35.5 Å². The highest BCUT2D eigenvalue weighted by atomic mass is 35.5. The molecule has 0 atom stereocenters. The summed E-state index contributed by atoms with van der Waals surface area (Å²) in [5.74, 6) is 0. The maximum atomic E-state index is 9.19. The monoisotopic (exact) mass is 302 g/mol. The van der Waals surface area contributed by atoms with Crippen LogP contribution >= 0.6 is 11.6 Å². The van der Waals surface area contributed by atoms with E-state index in [9.17, 15) is 5.11 Å². The lowest BCUT2D eigenvalue weighted by molar-refractivity contribution is 0.282. The summed E-state index contributed by atoms with van der Waals surface area (Å²) < 4.78 is 0. The molecule has 0 aliphatic carbocycles. The van der Waals surface area contributed by atoms with Gasteiger partial charge in [-0.15, -0.1) is 0 Å². The first-order chi connectivity index (χ1) is 10.2. The van der Waals surface area contributed by atoms with E-state index in [1.165, 1.54) is 16.8 Å². The van der Waals surface area contributed by atoms with Gasteiger partial charge in [-0.2, -0.15) is 0 Å². The van der Waals surface area contributed by atoms with Crippen LogP contribution in [0.4, 0.5) is 11.4 Å². The smallest absolute Gasteiger partial charge is 0.0682 e. The van der Waals surface area contributed by atoms with Crippen molar-refractivity contribution in [3.63, 3.8) is 0 Å². The van der Waals surface area contributed by atoms with Gasteiger partial charge in [0.25, 0.3) is 0 Å². The first kappa shape index (κ1) is 14.2. The highest BCUT2D eigenvalue weighted by Crippen LogP contribution is 2.28. The van der Waals surface area contributed by atoms with Gasteiger partial charge in [0.05, 0.1) is 17.3 Å². The van der Waals surface area contributed by atoms with E-state index < -0.39 is 0 Å². The van der Waals surface area contributed by atoms with Gasteiger partial charge in [0, 0.05) is 25.8 Å². The Balaban J connectivity index is 1.73. The van der Waals surface area contributed by atoms with E-state index in [1.54, 1.807) is 0 Å². The highest BCUT2D eigenvalue weighted by molar-refractivity contribution is 6.33. The van der Waals surface area contributed by atoms with Gasteiger partial charge in [0.15, 0.2) is 0 Å². The summed E-state index contributed by atoms with van der Waals surface area (Å²) in [4.78, 5) is 2.29. The van der Waals surface area contributed by atoms with Gasteiger partial charge < -0.3 is 15.3 Å². The van der Waals surface area contributed by atoms with Crippen molar-refractivity contribution in [2.75, 3.05) is 23.8 Å². The number of anilines is 2. The zero-order valence-corrected chi connectivity index (χ0v) is 12.8. The van der Waals surface area contributed by atoms with Crippen molar-refractivity contribution in [2.24, 2.45) is 0 Å². The number of rotatable bonds is 4. The average Bonchev–Trinajstić information content (AvgIpc) is 2.87. The van der Waals surface area contributed by atoms with E-state index in [4.69, 9.17) is 11.6 Å². The third-order valence-electron chi connectivity index (χ3n) is 3.97. The van der Waals surface area contributed by atoms with E-state index in [0.717, 1.165) is 30.8 Å². The molecule has 0 bridgehead atoms. The maximum absolute atomic E-state index is 9.19. The van der Waals surface area contributed by atoms with Crippen LogP contribution in [0.15, 0.2) is 36.4 Å². The molecular weight excluding hydrogens is 284 g/mol. The summed E-state index contributed by atoms with van der Waals surface area (Å²) in [6.45, 7) is 1.85. The fourth-order valence-corrected chi connectivity index (χ4v) is 2.92. The molecule has 2 N–H and O–H groups in total. The zero-order valence-electron chi connectivity index (χ0n) is 12.1. The minimum Gasteiger partial charge on any atom is -0.392 e. The van der Waals surface area contributed by atoms with Crippen molar-refractivity contribution in [2.45, 2.75) is 19.6 Å². The second-order valence-corrected chi connectivity index (χ2v) is 5.87. The van der Waals surface area contributed by atoms with Crippen molar-refractivity contribution in [1.82, 2.24) is 0 Å². The molecule has 0 radical (unpaired) electrons. The number of nitrogens with one attached hydrogen (secondary N) is 1. The Labute approximate surface area is 130 Å². The summed E-state index contributed by atoms with van der Waals surface area (Å²) >= 11 is 6.18. The Bertz CT molecular complexity index is 657. The molecule has 1 aliphatic heterocycles. The van der Waals surface area contributed by atoms with Gasteiger partial charge in [-0.1, -0.05) is 29.8 Å². The number of likely N-dealkylation sites (N-methyl/N-ethyl adjacent to an activating group) is 1. The predicted molar refractivity (Wildman–Crippen MR) is 88.1 cm³/mol. The second kappa shape index (κ2) is 5.96. The summed E-state index contributed by atoms with van der Waals surface area (Å²) in [5, 5.41) is 13.2. The summed E-state index contributed by atoms with van der Waals surface area (Å²) in [6.07, 6.45) is 1.11. The molecule has 0 unspecified atom stereocenters.